The Bertz CT molecular complexity index is 874. The Morgan fingerprint density at radius 1 is 1.04 bits per heavy atom. The van der Waals surface area contributed by atoms with Gasteiger partial charge in [0.25, 0.3) is 0 Å². The summed E-state index contributed by atoms with van der Waals surface area (Å²) in [5.74, 6) is -0.157. The van der Waals surface area contributed by atoms with Crippen molar-refractivity contribution in [2.45, 2.75) is 26.4 Å². The van der Waals surface area contributed by atoms with Gasteiger partial charge in [-0.05, 0) is 61.3 Å². The number of hydrogen-bond acceptors (Lipinski definition) is 3. The van der Waals surface area contributed by atoms with Crippen LogP contribution in [0.25, 0.3) is 0 Å². The first-order valence-electron chi connectivity index (χ1n) is 9.53. The van der Waals surface area contributed by atoms with Crippen molar-refractivity contribution in [2.24, 2.45) is 0 Å². The first-order valence-corrected chi connectivity index (χ1v) is 9.53. The van der Waals surface area contributed by atoms with E-state index in [9.17, 15) is 9.18 Å². The molecule has 5 heteroatoms. The van der Waals surface area contributed by atoms with Crippen LogP contribution in [0.3, 0.4) is 0 Å². The molecule has 2 aliphatic rings. The Morgan fingerprint density at radius 2 is 1.74 bits per heavy atom. The number of aryl methyl sites for hydroxylation is 2. The molecule has 0 bridgehead atoms. The minimum absolute atomic E-state index is 0.120. The molecular weight excluding hydrogens is 341 g/mol. The first-order chi connectivity index (χ1) is 12.9. The van der Waals surface area contributed by atoms with Crippen LogP contribution in [0.5, 0.6) is 0 Å². The molecule has 2 aliphatic heterocycles. The number of anilines is 1. The summed E-state index contributed by atoms with van der Waals surface area (Å²) < 4.78 is 13.9. The lowest BCUT2D eigenvalue weighted by Gasteiger charge is -2.36. The van der Waals surface area contributed by atoms with Crippen LogP contribution in [0.15, 0.2) is 36.4 Å². The maximum Gasteiger partial charge on any atom is 0.250 e. The van der Waals surface area contributed by atoms with E-state index in [-0.39, 0.29) is 17.8 Å². The van der Waals surface area contributed by atoms with Crippen molar-refractivity contribution in [3.8, 4) is 0 Å². The molecule has 1 amide bonds. The van der Waals surface area contributed by atoms with Crippen LogP contribution in [-0.4, -0.2) is 48.9 Å². The summed E-state index contributed by atoms with van der Waals surface area (Å²) in [5.41, 5.74) is 5.39. The van der Waals surface area contributed by atoms with Crippen LogP contribution in [0, 0.1) is 19.7 Å². The average Bonchev–Trinajstić information content (AvgIpc) is 3.00. The number of halogens is 1. The summed E-state index contributed by atoms with van der Waals surface area (Å²) >= 11 is 0. The van der Waals surface area contributed by atoms with Crippen LogP contribution < -0.4 is 4.90 Å². The maximum atomic E-state index is 13.9. The van der Waals surface area contributed by atoms with Crippen LogP contribution >= 0.6 is 0 Å². The molecule has 0 radical (unpaired) electrons. The lowest BCUT2D eigenvalue weighted by molar-refractivity contribution is -0.134. The van der Waals surface area contributed by atoms with E-state index in [0.717, 1.165) is 43.0 Å². The number of piperazine rings is 1. The Labute approximate surface area is 160 Å². The number of benzene rings is 2. The third-order valence-corrected chi connectivity index (χ3v) is 5.89. The molecule has 4 nitrogen and oxygen atoms in total. The molecule has 27 heavy (non-hydrogen) atoms. The van der Waals surface area contributed by atoms with E-state index < -0.39 is 0 Å². The molecule has 0 N–H and O–H groups in total. The summed E-state index contributed by atoms with van der Waals surface area (Å²) in [6.45, 7) is 8.06. The lowest BCUT2D eigenvalue weighted by Crippen LogP contribution is -2.50. The highest BCUT2D eigenvalue weighted by molar-refractivity contribution is 5.89. The smallest absolute Gasteiger partial charge is 0.250 e. The normalized spacial score (nSPS) is 20.1. The summed E-state index contributed by atoms with van der Waals surface area (Å²) in [6.07, 6.45) is 0. The van der Waals surface area contributed by atoms with Gasteiger partial charge in [0.1, 0.15) is 11.9 Å². The number of rotatable bonds is 2. The molecule has 0 aromatic heterocycles. The molecule has 0 spiro atoms. The lowest BCUT2D eigenvalue weighted by atomic mass is 9.97. The predicted octanol–water partition coefficient (Wildman–Crippen LogP) is 3.28. The van der Waals surface area contributed by atoms with E-state index in [0.29, 0.717) is 6.54 Å². The van der Waals surface area contributed by atoms with E-state index in [1.807, 2.05) is 15.9 Å². The van der Waals surface area contributed by atoms with E-state index >= 15 is 0 Å². The van der Waals surface area contributed by atoms with Gasteiger partial charge in [-0.2, -0.15) is 0 Å². The predicted molar refractivity (Wildman–Crippen MR) is 105 cm³/mol. The van der Waals surface area contributed by atoms with Gasteiger partial charge in [0.15, 0.2) is 0 Å². The monoisotopic (exact) mass is 367 g/mol. The molecule has 2 heterocycles. The summed E-state index contributed by atoms with van der Waals surface area (Å²) in [4.78, 5) is 19.8. The highest BCUT2D eigenvalue weighted by atomic mass is 19.1. The number of hydrogen-bond donors (Lipinski definition) is 0. The van der Waals surface area contributed by atoms with E-state index in [4.69, 9.17) is 0 Å². The topological polar surface area (TPSA) is 26.8 Å². The zero-order valence-electron chi connectivity index (χ0n) is 16.2. The quantitative estimate of drug-likeness (QED) is 0.815. The van der Waals surface area contributed by atoms with Gasteiger partial charge in [0.05, 0.1) is 0 Å². The van der Waals surface area contributed by atoms with Crippen LogP contribution in [-0.2, 0) is 11.3 Å². The van der Waals surface area contributed by atoms with Crippen molar-refractivity contribution >= 4 is 11.6 Å². The van der Waals surface area contributed by atoms with Gasteiger partial charge in [-0.3, -0.25) is 4.79 Å². The Balaban J connectivity index is 1.74. The molecule has 4 rings (SSSR count). The van der Waals surface area contributed by atoms with E-state index in [2.05, 4.69) is 37.9 Å². The molecule has 1 fully saturated rings. The van der Waals surface area contributed by atoms with Crippen LogP contribution in [0.4, 0.5) is 10.1 Å². The van der Waals surface area contributed by atoms with Crippen molar-refractivity contribution < 1.29 is 9.18 Å². The maximum absolute atomic E-state index is 13.9. The van der Waals surface area contributed by atoms with Gasteiger partial charge in [-0.1, -0.05) is 18.2 Å². The third kappa shape index (κ3) is 3.32. The molecule has 1 atom stereocenters. The SMILES string of the molecule is Cc1cc2c(cc1C)C(C(=O)N1CCN(C)CC1)N(c1cccc(F)c1)C2. The second-order valence-corrected chi connectivity index (χ2v) is 7.77. The standard InChI is InChI=1S/C22H26FN3O/c1-15-11-17-14-26(19-6-4-5-18(23)13-19)21(20(17)12-16(15)2)22(27)25-9-7-24(3)8-10-25/h4-6,11-13,21H,7-10,14H2,1-3H3. The number of likely N-dealkylation sites (N-methyl/N-ethyl adjacent to an activating group) is 1. The van der Waals surface area contributed by atoms with Crippen molar-refractivity contribution in [2.75, 3.05) is 38.1 Å². The van der Waals surface area contributed by atoms with Crippen molar-refractivity contribution in [3.05, 3.63) is 64.5 Å². The second-order valence-electron chi connectivity index (χ2n) is 7.77. The highest BCUT2D eigenvalue weighted by Crippen LogP contribution is 2.40. The van der Waals surface area contributed by atoms with Crippen LogP contribution in [0.2, 0.25) is 0 Å². The molecule has 142 valence electrons. The first kappa shape index (κ1) is 18.0. The van der Waals surface area contributed by atoms with Gasteiger partial charge >= 0.3 is 0 Å². The van der Waals surface area contributed by atoms with Gasteiger partial charge in [0.2, 0.25) is 5.91 Å². The van der Waals surface area contributed by atoms with E-state index in [1.165, 1.54) is 23.3 Å². The van der Waals surface area contributed by atoms with Crippen molar-refractivity contribution in [1.82, 2.24) is 9.80 Å². The molecular formula is C22H26FN3O. The Hall–Kier alpha value is -2.40. The molecule has 2 aromatic rings. The summed E-state index contributed by atoms with van der Waals surface area (Å²) in [7, 11) is 2.08. The minimum Gasteiger partial charge on any atom is -0.351 e. The molecule has 1 saturated heterocycles. The molecule has 0 saturated carbocycles. The highest BCUT2D eigenvalue weighted by Gasteiger charge is 2.39. The fourth-order valence-electron chi connectivity index (χ4n) is 4.09. The fourth-order valence-corrected chi connectivity index (χ4v) is 4.09. The summed E-state index contributed by atoms with van der Waals surface area (Å²) in [5, 5.41) is 0. The number of nitrogens with zero attached hydrogens (tertiary/aromatic N) is 3. The molecule has 0 aliphatic carbocycles. The van der Waals surface area contributed by atoms with Gasteiger partial charge in [-0.25, -0.2) is 4.39 Å². The third-order valence-electron chi connectivity index (χ3n) is 5.89. The molecule has 1 unspecified atom stereocenters. The zero-order valence-corrected chi connectivity index (χ0v) is 16.2. The van der Waals surface area contributed by atoms with Gasteiger partial charge in [-0.15, -0.1) is 0 Å². The number of amides is 1. The Kier molecular flexibility index (Phi) is 4.64. The van der Waals surface area contributed by atoms with Crippen molar-refractivity contribution in [1.29, 1.82) is 0 Å². The number of carbonyl (C=O) groups excluding carboxylic acids is 1. The summed E-state index contributed by atoms with van der Waals surface area (Å²) in [6, 6.07) is 10.5. The average molecular weight is 367 g/mol. The zero-order chi connectivity index (χ0) is 19.1. The van der Waals surface area contributed by atoms with Gasteiger partial charge in [0, 0.05) is 38.4 Å². The van der Waals surface area contributed by atoms with Crippen molar-refractivity contribution in [3.63, 3.8) is 0 Å². The largest absolute Gasteiger partial charge is 0.351 e. The van der Waals surface area contributed by atoms with Gasteiger partial charge < -0.3 is 14.7 Å². The number of carbonyl (C=O) groups is 1. The van der Waals surface area contributed by atoms with E-state index in [1.54, 1.807) is 6.07 Å². The van der Waals surface area contributed by atoms with Crippen LogP contribution in [0.1, 0.15) is 28.3 Å². The second kappa shape index (κ2) is 6.97. The fraction of sp³-hybridized carbons (Fsp3) is 0.409. The Morgan fingerprint density at radius 3 is 2.44 bits per heavy atom. The molecule has 2 aromatic carbocycles. The number of fused-ring (bicyclic) bond motifs is 1. The minimum atomic E-state index is -0.385.